The minimum Gasteiger partial charge on any atom is -0.356 e. The van der Waals surface area contributed by atoms with E-state index >= 15 is 0 Å². The van der Waals surface area contributed by atoms with Crippen LogP contribution >= 0.6 is 0 Å². The van der Waals surface area contributed by atoms with Gasteiger partial charge in [-0.3, -0.25) is 0 Å². The van der Waals surface area contributed by atoms with Crippen molar-refractivity contribution >= 4 is 0 Å². The molecule has 2 aromatic rings. The van der Waals surface area contributed by atoms with Gasteiger partial charge in [-0.15, -0.1) is 0 Å². The highest BCUT2D eigenvalue weighted by Gasteiger charge is 2.16. The lowest BCUT2D eigenvalue weighted by Crippen LogP contribution is -2.34. The molecule has 4 nitrogen and oxygen atoms in total. The number of hydrogen-bond donors (Lipinski definition) is 1. The normalized spacial score (nSPS) is 16.5. The lowest BCUT2D eigenvalue weighted by atomic mass is 9.98. The highest BCUT2D eigenvalue weighted by atomic mass is 16.5. The summed E-state index contributed by atoms with van der Waals surface area (Å²) >= 11 is 0. The second kappa shape index (κ2) is 6.87. The molecule has 0 bridgehead atoms. The zero-order valence-electron chi connectivity index (χ0n) is 12.6. The first kappa shape index (κ1) is 14.3. The predicted octanol–water partition coefficient (Wildman–Crippen LogP) is 2.77. The van der Waals surface area contributed by atoms with Gasteiger partial charge in [-0.05, 0) is 38.9 Å². The molecular weight excluding hydrogens is 262 g/mol. The maximum absolute atomic E-state index is 5.45. The van der Waals surface area contributed by atoms with Crippen LogP contribution in [0.2, 0.25) is 0 Å². The van der Waals surface area contributed by atoms with E-state index in [4.69, 9.17) is 4.52 Å². The largest absolute Gasteiger partial charge is 0.356 e. The number of piperidine rings is 1. The average Bonchev–Trinajstić information content (AvgIpc) is 2.97. The molecule has 1 saturated heterocycles. The standard InChI is InChI=1S/C17H23N3O/c1-20(12-14-7-9-18-10-8-14)13-16-11-17(21-19-16)15-5-3-2-4-6-15/h2-6,11,14,18H,7-10,12-13H2,1H3. The van der Waals surface area contributed by atoms with E-state index < -0.39 is 0 Å². The number of aromatic nitrogens is 1. The van der Waals surface area contributed by atoms with Crippen LogP contribution in [0.1, 0.15) is 18.5 Å². The maximum atomic E-state index is 5.45. The Kier molecular flexibility index (Phi) is 4.68. The molecule has 0 saturated carbocycles. The first-order chi connectivity index (χ1) is 10.3. The van der Waals surface area contributed by atoms with E-state index in [0.29, 0.717) is 0 Å². The van der Waals surface area contributed by atoms with E-state index in [0.717, 1.165) is 49.1 Å². The van der Waals surface area contributed by atoms with Crippen LogP contribution in [0, 0.1) is 5.92 Å². The van der Waals surface area contributed by atoms with Gasteiger partial charge >= 0.3 is 0 Å². The number of nitrogens with one attached hydrogen (secondary N) is 1. The Morgan fingerprint density at radius 3 is 2.76 bits per heavy atom. The third-order valence-electron chi connectivity index (χ3n) is 4.08. The molecule has 21 heavy (non-hydrogen) atoms. The van der Waals surface area contributed by atoms with E-state index in [2.05, 4.69) is 22.4 Å². The molecule has 1 N–H and O–H groups in total. The Labute approximate surface area is 126 Å². The molecule has 1 aliphatic rings. The highest BCUT2D eigenvalue weighted by Crippen LogP contribution is 2.21. The third kappa shape index (κ3) is 3.93. The first-order valence-corrected chi connectivity index (χ1v) is 7.71. The maximum Gasteiger partial charge on any atom is 0.167 e. The van der Waals surface area contributed by atoms with E-state index in [1.165, 1.54) is 12.8 Å². The quantitative estimate of drug-likeness (QED) is 0.917. The van der Waals surface area contributed by atoms with Crippen molar-refractivity contribution in [2.24, 2.45) is 5.92 Å². The van der Waals surface area contributed by atoms with Gasteiger partial charge in [0.05, 0.1) is 5.69 Å². The third-order valence-corrected chi connectivity index (χ3v) is 4.08. The number of rotatable bonds is 5. The molecule has 4 heteroatoms. The number of nitrogens with zero attached hydrogens (tertiary/aromatic N) is 2. The van der Waals surface area contributed by atoms with Gasteiger partial charge in [-0.1, -0.05) is 35.5 Å². The van der Waals surface area contributed by atoms with Gasteiger partial charge in [-0.25, -0.2) is 0 Å². The molecule has 0 aliphatic carbocycles. The summed E-state index contributed by atoms with van der Waals surface area (Å²) in [6, 6.07) is 12.2. The monoisotopic (exact) mass is 285 g/mol. The summed E-state index contributed by atoms with van der Waals surface area (Å²) in [6.07, 6.45) is 2.55. The fourth-order valence-corrected chi connectivity index (χ4v) is 2.97. The zero-order valence-corrected chi connectivity index (χ0v) is 12.6. The summed E-state index contributed by atoms with van der Waals surface area (Å²) in [6.45, 7) is 4.29. The van der Waals surface area contributed by atoms with Crippen LogP contribution in [0.15, 0.2) is 40.9 Å². The van der Waals surface area contributed by atoms with Crippen molar-refractivity contribution in [1.82, 2.24) is 15.4 Å². The Morgan fingerprint density at radius 1 is 1.24 bits per heavy atom. The minimum absolute atomic E-state index is 0.803. The molecule has 0 spiro atoms. The topological polar surface area (TPSA) is 41.3 Å². The van der Waals surface area contributed by atoms with Gasteiger partial charge in [0.25, 0.3) is 0 Å². The van der Waals surface area contributed by atoms with Crippen molar-refractivity contribution in [1.29, 1.82) is 0 Å². The van der Waals surface area contributed by atoms with Gasteiger partial charge in [-0.2, -0.15) is 0 Å². The van der Waals surface area contributed by atoms with Gasteiger partial charge in [0, 0.05) is 24.7 Å². The van der Waals surface area contributed by atoms with Crippen LogP contribution in [0.5, 0.6) is 0 Å². The van der Waals surface area contributed by atoms with E-state index in [-0.39, 0.29) is 0 Å². The summed E-state index contributed by atoms with van der Waals surface area (Å²) in [5.74, 6) is 1.65. The minimum atomic E-state index is 0.803. The van der Waals surface area contributed by atoms with Crippen molar-refractivity contribution in [3.8, 4) is 11.3 Å². The van der Waals surface area contributed by atoms with Crippen LogP contribution in [-0.2, 0) is 6.54 Å². The van der Waals surface area contributed by atoms with Crippen LogP contribution < -0.4 is 5.32 Å². The Bertz CT molecular complexity index is 546. The summed E-state index contributed by atoms with van der Waals surface area (Å²) in [4.78, 5) is 2.35. The zero-order chi connectivity index (χ0) is 14.5. The van der Waals surface area contributed by atoms with Crippen molar-refractivity contribution in [2.75, 3.05) is 26.7 Å². The molecule has 112 valence electrons. The van der Waals surface area contributed by atoms with E-state index in [1.54, 1.807) is 0 Å². The number of hydrogen-bond acceptors (Lipinski definition) is 4. The van der Waals surface area contributed by atoms with Crippen molar-refractivity contribution in [3.05, 3.63) is 42.1 Å². The van der Waals surface area contributed by atoms with Crippen molar-refractivity contribution < 1.29 is 4.52 Å². The Morgan fingerprint density at radius 2 is 2.00 bits per heavy atom. The fraction of sp³-hybridized carbons (Fsp3) is 0.471. The van der Waals surface area contributed by atoms with Crippen molar-refractivity contribution in [3.63, 3.8) is 0 Å². The molecule has 0 atom stereocenters. The smallest absolute Gasteiger partial charge is 0.167 e. The summed E-state index contributed by atoms with van der Waals surface area (Å²) in [5.41, 5.74) is 2.09. The molecule has 1 fully saturated rings. The van der Waals surface area contributed by atoms with Crippen LogP contribution in [0.25, 0.3) is 11.3 Å². The Balaban J connectivity index is 1.56. The summed E-state index contributed by atoms with van der Waals surface area (Å²) < 4.78 is 5.45. The number of benzene rings is 1. The van der Waals surface area contributed by atoms with E-state index in [9.17, 15) is 0 Å². The van der Waals surface area contributed by atoms with Gasteiger partial charge in [0.1, 0.15) is 0 Å². The van der Waals surface area contributed by atoms with Gasteiger partial charge in [0.2, 0.25) is 0 Å². The lowest BCUT2D eigenvalue weighted by Gasteiger charge is -2.26. The van der Waals surface area contributed by atoms with Crippen LogP contribution in [0.4, 0.5) is 0 Å². The second-order valence-electron chi connectivity index (χ2n) is 5.94. The van der Waals surface area contributed by atoms with Gasteiger partial charge in [0.15, 0.2) is 5.76 Å². The van der Waals surface area contributed by atoms with Gasteiger partial charge < -0.3 is 14.7 Å². The molecule has 1 aromatic carbocycles. The summed E-state index contributed by atoms with van der Waals surface area (Å²) in [7, 11) is 2.17. The molecule has 0 unspecified atom stereocenters. The molecule has 0 amide bonds. The second-order valence-corrected chi connectivity index (χ2v) is 5.94. The lowest BCUT2D eigenvalue weighted by molar-refractivity contribution is 0.229. The molecule has 3 rings (SSSR count). The van der Waals surface area contributed by atoms with Crippen LogP contribution in [-0.4, -0.2) is 36.7 Å². The predicted molar refractivity (Wildman–Crippen MR) is 83.9 cm³/mol. The average molecular weight is 285 g/mol. The first-order valence-electron chi connectivity index (χ1n) is 7.71. The fourth-order valence-electron chi connectivity index (χ4n) is 2.97. The Hall–Kier alpha value is -1.65. The highest BCUT2D eigenvalue weighted by molar-refractivity contribution is 5.56. The van der Waals surface area contributed by atoms with Crippen molar-refractivity contribution in [2.45, 2.75) is 19.4 Å². The SMILES string of the molecule is CN(Cc1cc(-c2ccccc2)on1)CC1CCNCC1. The molecule has 2 heterocycles. The molecule has 1 aliphatic heterocycles. The molecular formula is C17H23N3O. The summed E-state index contributed by atoms with van der Waals surface area (Å²) in [5, 5.41) is 7.61. The van der Waals surface area contributed by atoms with Crippen LogP contribution in [0.3, 0.4) is 0 Å². The molecule has 0 radical (unpaired) electrons. The van der Waals surface area contributed by atoms with E-state index in [1.807, 2.05) is 36.4 Å². The molecule has 1 aromatic heterocycles.